The molecule has 0 unspecified atom stereocenters. The van der Waals surface area contributed by atoms with Crippen LogP contribution in [-0.2, 0) is 4.79 Å². The van der Waals surface area contributed by atoms with Crippen LogP contribution >= 0.6 is 11.3 Å². The van der Waals surface area contributed by atoms with Crippen LogP contribution in [0.5, 0.6) is 0 Å². The van der Waals surface area contributed by atoms with Gasteiger partial charge in [-0.2, -0.15) is 0 Å². The quantitative estimate of drug-likeness (QED) is 0.855. The van der Waals surface area contributed by atoms with Gasteiger partial charge in [0.1, 0.15) is 11.0 Å². The Balaban J connectivity index is 2.15. The highest BCUT2D eigenvalue weighted by molar-refractivity contribution is 7.18. The van der Waals surface area contributed by atoms with Crippen molar-refractivity contribution in [2.75, 3.05) is 5.32 Å². The first-order valence-electron chi connectivity index (χ1n) is 6.50. The Bertz CT molecular complexity index is 571. The van der Waals surface area contributed by atoms with Crippen molar-refractivity contribution in [3.63, 3.8) is 0 Å². The van der Waals surface area contributed by atoms with E-state index in [1.165, 1.54) is 11.3 Å². The topological polar surface area (TPSA) is 75.1 Å². The molecule has 1 aromatic carbocycles. The van der Waals surface area contributed by atoms with E-state index in [1.54, 1.807) is 0 Å². The van der Waals surface area contributed by atoms with Crippen molar-refractivity contribution in [3.05, 3.63) is 30.3 Å². The molecule has 0 spiro atoms. The van der Waals surface area contributed by atoms with Crippen molar-refractivity contribution in [1.29, 1.82) is 0 Å². The van der Waals surface area contributed by atoms with Crippen LogP contribution in [0.2, 0.25) is 0 Å². The average Bonchev–Trinajstić information content (AvgIpc) is 2.93. The van der Waals surface area contributed by atoms with Crippen molar-refractivity contribution in [1.82, 2.24) is 10.2 Å². The lowest BCUT2D eigenvalue weighted by Crippen LogP contribution is -2.35. The summed E-state index contributed by atoms with van der Waals surface area (Å²) in [6.07, 6.45) is 0.786. The zero-order valence-electron chi connectivity index (χ0n) is 11.4. The largest absolute Gasteiger partial charge is 0.480 e. The molecule has 0 saturated carbocycles. The fourth-order valence-electron chi connectivity index (χ4n) is 1.80. The molecular weight excluding hydrogens is 274 g/mol. The van der Waals surface area contributed by atoms with Gasteiger partial charge in [0, 0.05) is 5.56 Å². The summed E-state index contributed by atoms with van der Waals surface area (Å²) in [7, 11) is 0. The number of aromatic nitrogens is 2. The summed E-state index contributed by atoms with van der Waals surface area (Å²) in [5.41, 5.74) is 0.980. The Morgan fingerprint density at radius 2 is 2.05 bits per heavy atom. The fraction of sp³-hybridized carbons (Fsp3) is 0.357. The predicted octanol–water partition coefficient (Wildman–Crippen LogP) is 3.12. The van der Waals surface area contributed by atoms with E-state index in [9.17, 15) is 9.90 Å². The van der Waals surface area contributed by atoms with Gasteiger partial charge in [0.15, 0.2) is 0 Å². The van der Waals surface area contributed by atoms with E-state index in [4.69, 9.17) is 0 Å². The number of anilines is 1. The highest BCUT2D eigenvalue weighted by Gasteiger charge is 2.24. The number of carboxylic acids is 1. The Morgan fingerprint density at radius 3 is 2.65 bits per heavy atom. The summed E-state index contributed by atoms with van der Waals surface area (Å²) in [6, 6.07) is 9.07. The normalized spacial score (nSPS) is 13.7. The smallest absolute Gasteiger partial charge is 0.326 e. The van der Waals surface area contributed by atoms with Crippen LogP contribution < -0.4 is 5.32 Å². The molecule has 1 heterocycles. The Hall–Kier alpha value is -1.95. The molecule has 5 nitrogen and oxygen atoms in total. The summed E-state index contributed by atoms with van der Waals surface area (Å²) in [4.78, 5) is 11.3. The number of benzene rings is 1. The molecule has 0 fully saturated rings. The second kappa shape index (κ2) is 6.47. The summed E-state index contributed by atoms with van der Waals surface area (Å²) in [5.74, 6) is -0.840. The lowest BCUT2D eigenvalue weighted by atomic mass is 10.00. The molecule has 2 rings (SSSR count). The SMILES string of the molecule is CC[C@H](C)[C@H](Nc1nnc(-c2ccccc2)s1)C(=O)O. The van der Waals surface area contributed by atoms with Gasteiger partial charge in [0.2, 0.25) is 5.13 Å². The first kappa shape index (κ1) is 14.5. The third-order valence-corrected chi connectivity index (χ3v) is 4.11. The number of carboxylic acid groups (broad SMARTS) is 1. The number of nitrogens with zero attached hydrogens (tertiary/aromatic N) is 2. The molecule has 0 aliphatic heterocycles. The van der Waals surface area contributed by atoms with Gasteiger partial charge in [-0.15, -0.1) is 10.2 Å². The molecule has 2 aromatic rings. The van der Waals surface area contributed by atoms with E-state index in [2.05, 4.69) is 15.5 Å². The van der Waals surface area contributed by atoms with Crippen molar-refractivity contribution < 1.29 is 9.90 Å². The molecular formula is C14H17N3O2S. The van der Waals surface area contributed by atoms with E-state index in [0.29, 0.717) is 5.13 Å². The molecule has 0 aliphatic carbocycles. The van der Waals surface area contributed by atoms with E-state index in [-0.39, 0.29) is 5.92 Å². The van der Waals surface area contributed by atoms with Crippen LogP contribution in [0.4, 0.5) is 5.13 Å². The maximum Gasteiger partial charge on any atom is 0.326 e. The zero-order chi connectivity index (χ0) is 14.5. The van der Waals surface area contributed by atoms with E-state index in [0.717, 1.165) is 17.0 Å². The first-order chi connectivity index (χ1) is 9.61. The third kappa shape index (κ3) is 3.33. The highest BCUT2D eigenvalue weighted by Crippen LogP contribution is 2.27. The number of hydrogen-bond acceptors (Lipinski definition) is 5. The number of rotatable bonds is 6. The van der Waals surface area contributed by atoms with E-state index >= 15 is 0 Å². The molecule has 0 radical (unpaired) electrons. The first-order valence-corrected chi connectivity index (χ1v) is 7.31. The van der Waals surface area contributed by atoms with Crippen LogP contribution in [0.1, 0.15) is 20.3 Å². The van der Waals surface area contributed by atoms with Crippen LogP contribution in [0.3, 0.4) is 0 Å². The fourth-order valence-corrected chi connectivity index (χ4v) is 2.58. The van der Waals surface area contributed by atoms with Crippen LogP contribution in [0, 0.1) is 5.92 Å². The van der Waals surface area contributed by atoms with Gasteiger partial charge in [0.05, 0.1) is 0 Å². The Labute approximate surface area is 121 Å². The Kier molecular flexibility index (Phi) is 4.68. The summed E-state index contributed by atoms with van der Waals surface area (Å²) in [5, 5.41) is 21.7. The number of aliphatic carboxylic acids is 1. The van der Waals surface area contributed by atoms with Crippen molar-refractivity contribution in [2.24, 2.45) is 5.92 Å². The molecule has 1 aromatic heterocycles. The lowest BCUT2D eigenvalue weighted by molar-refractivity contribution is -0.139. The van der Waals surface area contributed by atoms with Crippen LogP contribution in [-0.4, -0.2) is 27.3 Å². The van der Waals surface area contributed by atoms with Gasteiger partial charge in [0.25, 0.3) is 0 Å². The molecule has 2 N–H and O–H groups in total. The van der Waals surface area contributed by atoms with E-state index in [1.807, 2.05) is 44.2 Å². The second-order valence-corrected chi connectivity index (χ2v) is 5.60. The summed E-state index contributed by atoms with van der Waals surface area (Å²) < 4.78 is 0. The van der Waals surface area contributed by atoms with Crippen LogP contribution in [0.15, 0.2) is 30.3 Å². The maximum atomic E-state index is 11.3. The van der Waals surface area contributed by atoms with Gasteiger partial charge in [-0.1, -0.05) is 61.9 Å². The minimum atomic E-state index is -0.865. The van der Waals surface area contributed by atoms with Gasteiger partial charge in [-0.3, -0.25) is 0 Å². The monoisotopic (exact) mass is 291 g/mol. The number of hydrogen-bond donors (Lipinski definition) is 2. The molecule has 2 atom stereocenters. The summed E-state index contributed by atoms with van der Waals surface area (Å²) >= 11 is 1.36. The van der Waals surface area contributed by atoms with Crippen LogP contribution in [0.25, 0.3) is 10.6 Å². The zero-order valence-corrected chi connectivity index (χ0v) is 12.2. The summed E-state index contributed by atoms with van der Waals surface area (Å²) in [6.45, 7) is 3.88. The van der Waals surface area contributed by atoms with Gasteiger partial charge in [-0.05, 0) is 5.92 Å². The molecule has 0 aliphatic rings. The molecule has 20 heavy (non-hydrogen) atoms. The highest BCUT2D eigenvalue weighted by atomic mass is 32.1. The number of carbonyl (C=O) groups is 1. The van der Waals surface area contributed by atoms with Gasteiger partial charge < -0.3 is 10.4 Å². The van der Waals surface area contributed by atoms with Gasteiger partial charge >= 0.3 is 5.97 Å². The molecule has 0 saturated heterocycles. The molecule has 6 heteroatoms. The maximum absolute atomic E-state index is 11.3. The molecule has 0 amide bonds. The Morgan fingerprint density at radius 1 is 1.35 bits per heavy atom. The minimum absolute atomic E-state index is 0.0246. The minimum Gasteiger partial charge on any atom is -0.480 e. The predicted molar refractivity (Wildman–Crippen MR) is 79.8 cm³/mol. The van der Waals surface area contributed by atoms with Crippen molar-refractivity contribution >= 4 is 22.4 Å². The average molecular weight is 291 g/mol. The van der Waals surface area contributed by atoms with Gasteiger partial charge in [-0.25, -0.2) is 4.79 Å². The second-order valence-electron chi connectivity index (χ2n) is 4.62. The number of nitrogens with one attached hydrogen (secondary N) is 1. The lowest BCUT2D eigenvalue weighted by Gasteiger charge is -2.18. The molecule has 106 valence electrons. The molecule has 0 bridgehead atoms. The van der Waals surface area contributed by atoms with Crippen molar-refractivity contribution in [3.8, 4) is 10.6 Å². The standard InChI is InChI=1S/C14H17N3O2S/c1-3-9(2)11(13(18)19)15-14-17-16-12(20-14)10-7-5-4-6-8-10/h4-9,11H,3H2,1-2H3,(H,15,17)(H,18,19)/t9-,11-/m0/s1. The van der Waals surface area contributed by atoms with Crippen molar-refractivity contribution in [2.45, 2.75) is 26.3 Å². The third-order valence-electron chi connectivity index (χ3n) is 3.20. The van der Waals surface area contributed by atoms with E-state index < -0.39 is 12.0 Å².